The van der Waals surface area contributed by atoms with E-state index < -0.39 is 65.6 Å². The SMILES string of the molecule is NC(=O)CCC(N)C(=O)NC(Cc1cnc[nH]1)C(=O)NC(CCC(N)=O)C(=O)NC(CCC(N)=O)C(=O)O. The molecule has 0 radical (unpaired) electrons. The lowest BCUT2D eigenvalue weighted by atomic mass is 10.1. The number of nitrogens with two attached hydrogens (primary N) is 4. The third-order valence-electron chi connectivity index (χ3n) is 5.26. The van der Waals surface area contributed by atoms with E-state index in [4.69, 9.17) is 22.9 Å². The van der Waals surface area contributed by atoms with Crippen molar-refractivity contribution in [3.8, 4) is 0 Å². The first-order valence-corrected chi connectivity index (χ1v) is 11.5. The van der Waals surface area contributed by atoms with E-state index >= 15 is 0 Å². The van der Waals surface area contributed by atoms with Gasteiger partial charge in [-0.3, -0.25) is 28.8 Å². The molecule has 38 heavy (non-hydrogen) atoms. The fraction of sp³-hybridized carbons (Fsp3) is 0.524. The standard InChI is InChI=1S/C21H33N9O8/c22-11(1-4-15(23)31)18(34)30-14(7-10-8-26-9-27-10)20(36)28-12(2-5-16(24)32)19(35)29-13(21(37)38)3-6-17(25)33/h8-9,11-14H,1-7,22H2,(H2,23,31)(H2,24,32)(H2,25,33)(H,26,27)(H,28,36)(H,29,35)(H,30,34)(H,37,38). The van der Waals surface area contributed by atoms with Gasteiger partial charge in [0.05, 0.1) is 12.4 Å². The summed E-state index contributed by atoms with van der Waals surface area (Å²) in [5.74, 6) is -6.31. The van der Waals surface area contributed by atoms with Gasteiger partial charge >= 0.3 is 5.97 Å². The van der Waals surface area contributed by atoms with Crippen LogP contribution in [0.2, 0.25) is 0 Å². The Labute approximate surface area is 216 Å². The number of hydrogen-bond donors (Lipinski definition) is 9. The Hall–Kier alpha value is -4.54. The molecule has 1 aromatic heterocycles. The van der Waals surface area contributed by atoms with Gasteiger partial charge in [-0.25, -0.2) is 9.78 Å². The number of carboxylic acids is 1. The smallest absolute Gasteiger partial charge is 0.326 e. The van der Waals surface area contributed by atoms with Crippen LogP contribution in [0.4, 0.5) is 0 Å². The lowest BCUT2D eigenvalue weighted by Crippen LogP contribution is -2.57. The van der Waals surface area contributed by atoms with Crippen molar-refractivity contribution in [2.24, 2.45) is 22.9 Å². The van der Waals surface area contributed by atoms with Crippen LogP contribution in [0, 0.1) is 0 Å². The Kier molecular flexibility index (Phi) is 12.9. The fourth-order valence-corrected chi connectivity index (χ4v) is 3.18. The molecule has 17 heteroatoms. The summed E-state index contributed by atoms with van der Waals surface area (Å²) >= 11 is 0. The summed E-state index contributed by atoms with van der Waals surface area (Å²) in [5, 5.41) is 16.4. The van der Waals surface area contributed by atoms with Gasteiger partial charge in [0.15, 0.2) is 0 Å². The Bertz CT molecular complexity index is 1010. The van der Waals surface area contributed by atoms with Crippen molar-refractivity contribution in [1.82, 2.24) is 25.9 Å². The number of rotatable bonds is 18. The highest BCUT2D eigenvalue weighted by Gasteiger charge is 2.31. The van der Waals surface area contributed by atoms with Crippen molar-refractivity contribution >= 4 is 41.4 Å². The molecule has 0 aliphatic carbocycles. The number of aromatic nitrogens is 2. The summed E-state index contributed by atoms with van der Waals surface area (Å²) in [6.45, 7) is 0. The van der Waals surface area contributed by atoms with E-state index in [2.05, 4.69) is 25.9 Å². The first-order chi connectivity index (χ1) is 17.8. The Morgan fingerprint density at radius 2 is 1.24 bits per heavy atom. The molecule has 210 valence electrons. The molecule has 0 spiro atoms. The number of primary amides is 3. The molecule has 4 atom stereocenters. The molecule has 1 aromatic rings. The second-order valence-electron chi connectivity index (χ2n) is 8.42. The summed E-state index contributed by atoms with van der Waals surface area (Å²) < 4.78 is 0. The molecule has 0 saturated carbocycles. The van der Waals surface area contributed by atoms with E-state index in [9.17, 15) is 38.7 Å². The van der Waals surface area contributed by atoms with Gasteiger partial charge in [-0.05, 0) is 19.3 Å². The van der Waals surface area contributed by atoms with Crippen molar-refractivity contribution in [1.29, 1.82) is 0 Å². The van der Waals surface area contributed by atoms with Gasteiger partial charge in [-0.15, -0.1) is 0 Å². The maximum absolute atomic E-state index is 13.1. The maximum Gasteiger partial charge on any atom is 0.326 e. The number of amides is 6. The van der Waals surface area contributed by atoms with Crippen molar-refractivity contribution in [3.05, 3.63) is 18.2 Å². The molecule has 0 fully saturated rings. The van der Waals surface area contributed by atoms with Crippen LogP contribution in [0.1, 0.15) is 44.2 Å². The highest BCUT2D eigenvalue weighted by Crippen LogP contribution is 2.06. The van der Waals surface area contributed by atoms with E-state index in [1.807, 2.05) is 0 Å². The van der Waals surface area contributed by atoms with Gasteiger partial charge in [-0.1, -0.05) is 0 Å². The van der Waals surface area contributed by atoms with Crippen LogP contribution in [0.25, 0.3) is 0 Å². The van der Waals surface area contributed by atoms with E-state index in [1.54, 1.807) is 0 Å². The number of hydrogen-bond acceptors (Lipinski definition) is 9. The molecule has 0 aliphatic rings. The minimum Gasteiger partial charge on any atom is -0.480 e. The summed E-state index contributed by atoms with van der Waals surface area (Å²) in [6, 6.07) is -5.41. The Morgan fingerprint density at radius 1 is 0.763 bits per heavy atom. The van der Waals surface area contributed by atoms with Gasteiger partial charge < -0.3 is 49.0 Å². The highest BCUT2D eigenvalue weighted by molar-refractivity contribution is 5.94. The minimum atomic E-state index is -1.51. The lowest BCUT2D eigenvalue weighted by Gasteiger charge is -2.25. The van der Waals surface area contributed by atoms with Crippen molar-refractivity contribution in [2.45, 2.75) is 69.1 Å². The number of carboxylic acid groups (broad SMARTS) is 1. The molecule has 13 N–H and O–H groups in total. The van der Waals surface area contributed by atoms with Gasteiger partial charge in [-0.2, -0.15) is 0 Å². The minimum absolute atomic E-state index is 0.0783. The van der Waals surface area contributed by atoms with Gasteiger partial charge in [0.2, 0.25) is 35.4 Å². The summed E-state index contributed by atoms with van der Waals surface area (Å²) in [7, 11) is 0. The molecule has 4 unspecified atom stereocenters. The molecule has 0 saturated heterocycles. The summed E-state index contributed by atoms with van der Waals surface area (Å²) in [4.78, 5) is 89.9. The largest absolute Gasteiger partial charge is 0.480 e. The fourth-order valence-electron chi connectivity index (χ4n) is 3.18. The normalized spacial score (nSPS) is 13.8. The zero-order valence-electron chi connectivity index (χ0n) is 20.5. The highest BCUT2D eigenvalue weighted by atomic mass is 16.4. The quantitative estimate of drug-likeness (QED) is 0.0862. The lowest BCUT2D eigenvalue weighted by molar-refractivity contribution is -0.142. The number of aromatic amines is 1. The molecule has 1 heterocycles. The third-order valence-corrected chi connectivity index (χ3v) is 5.26. The number of nitrogens with zero attached hydrogens (tertiary/aromatic N) is 1. The van der Waals surface area contributed by atoms with Gasteiger partial charge in [0.1, 0.15) is 18.1 Å². The third kappa shape index (κ3) is 11.9. The first-order valence-electron chi connectivity index (χ1n) is 11.5. The number of nitrogens with one attached hydrogen (secondary N) is 4. The van der Waals surface area contributed by atoms with E-state index in [-0.39, 0.29) is 44.9 Å². The summed E-state index contributed by atoms with van der Waals surface area (Å²) in [6.07, 6.45) is 1.11. The number of aliphatic carboxylic acids is 1. The van der Waals surface area contributed by atoms with Crippen molar-refractivity contribution < 1.29 is 38.7 Å². The first kappa shape index (κ1) is 31.5. The van der Waals surface area contributed by atoms with E-state index in [0.717, 1.165) is 0 Å². The molecule has 0 aromatic carbocycles. The van der Waals surface area contributed by atoms with Crippen LogP contribution >= 0.6 is 0 Å². The van der Waals surface area contributed by atoms with Crippen LogP contribution in [0.5, 0.6) is 0 Å². The maximum atomic E-state index is 13.1. The molecule has 17 nitrogen and oxygen atoms in total. The Balaban J connectivity index is 3.07. The van der Waals surface area contributed by atoms with Crippen molar-refractivity contribution in [3.63, 3.8) is 0 Å². The summed E-state index contributed by atoms with van der Waals surface area (Å²) in [5.41, 5.74) is 21.5. The Morgan fingerprint density at radius 3 is 1.74 bits per heavy atom. The van der Waals surface area contributed by atoms with E-state index in [1.165, 1.54) is 12.5 Å². The topological polar surface area (TPSA) is 309 Å². The predicted octanol–water partition coefficient (Wildman–Crippen LogP) is -4.38. The predicted molar refractivity (Wildman–Crippen MR) is 129 cm³/mol. The molecule has 1 rings (SSSR count). The monoisotopic (exact) mass is 539 g/mol. The average molecular weight is 540 g/mol. The number of imidazole rings is 1. The van der Waals surface area contributed by atoms with E-state index in [0.29, 0.717) is 5.69 Å². The number of carbonyl (C=O) groups excluding carboxylic acids is 6. The molecular formula is C21H33N9O8. The van der Waals surface area contributed by atoms with Crippen LogP contribution in [0.15, 0.2) is 12.5 Å². The number of carbonyl (C=O) groups is 7. The van der Waals surface area contributed by atoms with Crippen LogP contribution in [-0.2, 0) is 40.0 Å². The van der Waals surface area contributed by atoms with Crippen LogP contribution in [-0.4, -0.2) is 80.7 Å². The van der Waals surface area contributed by atoms with Crippen LogP contribution < -0.4 is 38.9 Å². The zero-order valence-corrected chi connectivity index (χ0v) is 20.5. The second-order valence-corrected chi connectivity index (χ2v) is 8.42. The molecule has 6 amide bonds. The molecular weight excluding hydrogens is 506 g/mol. The zero-order chi connectivity index (χ0) is 28.8. The molecule has 0 aliphatic heterocycles. The average Bonchev–Trinajstić information content (AvgIpc) is 3.34. The van der Waals surface area contributed by atoms with Crippen molar-refractivity contribution in [2.75, 3.05) is 0 Å². The second kappa shape index (κ2) is 15.5. The van der Waals surface area contributed by atoms with Crippen LogP contribution in [0.3, 0.4) is 0 Å². The van der Waals surface area contributed by atoms with Gasteiger partial charge in [0.25, 0.3) is 0 Å². The number of H-pyrrole nitrogens is 1. The molecule has 0 bridgehead atoms. The van der Waals surface area contributed by atoms with Gasteiger partial charge in [0, 0.05) is 37.6 Å².